The number of rotatable bonds is 3. The summed E-state index contributed by atoms with van der Waals surface area (Å²) in [5, 5.41) is 20.8. The molecule has 0 amide bonds. The van der Waals surface area contributed by atoms with Crippen molar-refractivity contribution >= 4 is 28.8 Å². The van der Waals surface area contributed by atoms with E-state index < -0.39 is 11.0 Å². The van der Waals surface area contributed by atoms with Crippen molar-refractivity contribution in [1.82, 2.24) is 14.8 Å². The van der Waals surface area contributed by atoms with Crippen molar-refractivity contribution in [2.24, 2.45) is 0 Å². The van der Waals surface area contributed by atoms with E-state index in [-0.39, 0.29) is 17.4 Å². The van der Waals surface area contributed by atoms with Crippen LogP contribution in [0.2, 0.25) is 0 Å². The fraction of sp³-hybridized carbons (Fsp3) is 0.211. The molecule has 1 N–H and O–H groups in total. The average molecular weight is 393 g/mol. The number of nitrogens with zero attached hydrogens (tertiary/aromatic N) is 4. The van der Waals surface area contributed by atoms with Crippen LogP contribution in [0.5, 0.6) is 0 Å². The zero-order valence-corrected chi connectivity index (χ0v) is 15.4. The highest BCUT2D eigenvalue weighted by atomic mass is 32.1. The van der Waals surface area contributed by atoms with E-state index in [9.17, 15) is 14.9 Å². The number of carbonyl (C=O) groups is 1. The van der Waals surface area contributed by atoms with Crippen LogP contribution in [0.3, 0.4) is 0 Å². The van der Waals surface area contributed by atoms with Crippen LogP contribution in [0.15, 0.2) is 59.4 Å². The van der Waals surface area contributed by atoms with Gasteiger partial charge in [-0.15, -0.1) is 11.3 Å². The molecule has 3 aromatic rings. The lowest BCUT2D eigenvalue weighted by Gasteiger charge is -2.34. The molecule has 140 valence electrons. The van der Waals surface area contributed by atoms with E-state index in [1.807, 2.05) is 11.4 Å². The van der Waals surface area contributed by atoms with Gasteiger partial charge in [0.1, 0.15) is 12.4 Å². The number of fused-ring (bicyclic) bond motifs is 1. The number of nitro benzene ring substituents is 1. The fourth-order valence-corrected chi connectivity index (χ4v) is 4.82. The Morgan fingerprint density at radius 1 is 1.25 bits per heavy atom. The quantitative estimate of drug-likeness (QED) is 0.538. The van der Waals surface area contributed by atoms with Gasteiger partial charge < -0.3 is 5.32 Å². The summed E-state index contributed by atoms with van der Waals surface area (Å²) < 4.78 is 1.63. The Bertz CT molecular complexity index is 1120. The number of hydrogen-bond acceptors (Lipinski definition) is 7. The Balaban J connectivity index is 1.63. The van der Waals surface area contributed by atoms with Crippen molar-refractivity contribution in [3.05, 3.63) is 79.9 Å². The predicted molar refractivity (Wildman–Crippen MR) is 103 cm³/mol. The lowest BCUT2D eigenvalue weighted by Crippen LogP contribution is -2.33. The van der Waals surface area contributed by atoms with Gasteiger partial charge in [0, 0.05) is 40.6 Å². The first-order valence-corrected chi connectivity index (χ1v) is 9.70. The molecule has 2 atom stereocenters. The number of hydrogen-bond donors (Lipinski definition) is 1. The zero-order chi connectivity index (χ0) is 19.3. The second-order valence-corrected chi connectivity index (χ2v) is 7.82. The monoisotopic (exact) mass is 393 g/mol. The molecule has 0 saturated carbocycles. The first-order chi connectivity index (χ1) is 13.6. The SMILES string of the molecule is O=C1C[C@@H](c2cccs2)CC2=C1[C@H](c1cccc([N+](=O)[O-])c1)n1ncnc1N2. The number of nitro groups is 1. The average Bonchev–Trinajstić information content (AvgIpc) is 3.38. The fourth-order valence-electron chi connectivity index (χ4n) is 3.99. The van der Waals surface area contributed by atoms with Crippen LogP contribution >= 0.6 is 11.3 Å². The van der Waals surface area contributed by atoms with E-state index in [0.29, 0.717) is 29.9 Å². The lowest BCUT2D eigenvalue weighted by molar-refractivity contribution is -0.384. The van der Waals surface area contributed by atoms with E-state index >= 15 is 0 Å². The molecule has 0 fully saturated rings. The Hall–Kier alpha value is -3.33. The van der Waals surface area contributed by atoms with Gasteiger partial charge in [-0.25, -0.2) is 4.68 Å². The summed E-state index contributed by atoms with van der Waals surface area (Å²) >= 11 is 1.65. The van der Waals surface area contributed by atoms with Gasteiger partial charge in [0.05, 0.1) is 4.92 Å². The Morgan fingerprint density at radius 2 is 2.14 bits per heavy atom. The van der Waals surface area contributed by atoms with Crippen molar-refractivity contribution < 1.29 is 9.72 Å². The Labute approximate surface area is 163 Å². The summed E-state index contributed by atoms with van der Waals surface area (Å²) in [7, 11) is 0. The molecule has 9 heteroatoms. The molecule has 0 spiro atoms. The number of allylic oxidation sites excluding steroid dienone is 2. The number of ketones is 1. The molecule has 0 unspecified atom stereocenters. The van der Waals surface area contributed by atoms with E-state index in [4.69, 9.17) is 0 Å². The molecule has 0 radical (unpaired) electrons. The second-order valence-electron chi connectivity index (χ2n) is 6.84. The van der Waals surface area contributed by atoms with Crippen LogP contribution in [-0.2, 0) is 4.79 Å². The zero-order valence-electron chi connectivity index (χ0n) is 14.6. The number of nitrogens with one attached hydrogen (secondary N) is 1. The number of non-ortho nitro benzene ring substituents is 1. The van der Waals surface area contributed by atoms with Crippen molar-refractivity contribution in [2.45, 2.75) is 24.8 Å². The van der Waals surface area contributed by atoms with Crippen LogP contribution in [-0.4, -0.2) is 25.5 Å². The molecule has 0 saturated heterocycles. The number of aromatic nitrogens is 3. The number of anilines is 1. The smallest absolute Gasteiger partial charge is 0.269 e. The molecule has 3 heterocycles. The molecule has 28 heavy (non-hydrogen) atoms. The lowest BCUT2D eigenvalue weighted by atomic mass is 9.80. The summed E-state index contributed by atoms with van der Waals surface area (Å²) in [5.41, 5.74) is 2.08. The third-order valence-corrected chi connectivity index (χ3v) is 6.24. The minimum absolute atomic E-state index is 0.0143. The van der Waals surface area contributed by atoms with Crippen molar-refractivity contribution in [1.29, 1.82) is 0 Å². The van der Waals surface area contributed by atoms with E-state index in [0.717, 1.165) is 5.70 Å². The van der Waals surface area contributed by atoms with Gasteiger partial charge in [-0.1, -0.05) is 18.2 Å². The molecule has 1 aliphatic heterocycles. The highest BCUT2D eigenvalue weighted by Crippen LogP contribution is 2.44. The maximum Gasteiger partial charge on any atom is 0.269 e. The molecule has 0 bridgehead atoms. The molecular formula is C19H15N5O3S. The van der Waals surface area contributed by atoms with E-state index in [1.54, 1.807) is 28.2 Å². The highest BCUT2D eigenvalue weighted by Gasteiger charge is 2.39. The first-order valence-electron chi connectivity index (χ1n) is 8.82. The molecule has 8 nitrogen and oxygen atoms in total. The summed E-state index contributed by atoms with van der Waals surface area (Å²) in [6.45, 7) is 0. The minimum atomic E-state index is -0.523. The first kappa shape index (κ1) is 16.8. The summed E-state index contributed by atoms with van der Waals surface area (Å²) in [4.78, 5) is 29.4. The van der Waals surface area contributed by atoms with Crippen LogP contribution in [0.1, 0.15) is 35.2 Å². The van der Waals surface area contributed by atoms with Gasteiger partial charge in [-0.2, -0.15) is 10.1 Å². The van der Waals surface area contributed by atoms with E-state index in [2.05, 4.69) is 21.5 Å². The van der Waals surface area contributed by atoms with Gasteiger partial charge in [-0.05, 0) is 23.4 Å². The number of thiophene rings is 1. The van der Waals surface area contributed by atoms with Gasteiger partial charge in [0.2, 0.25) is 5.95 Å². The standard InChI is InChI=1S/C19H15N5O3S/c25-15-9-12(16-5-2-6-28-16)8-14-17(15)18(23-19(22-14)20-10-21-23)11-3-1-4-13(7-11)24(26)27/h1-7,10,12,18H,8-9H2,(H,20,21,22)/t12-,18-/m0/s1. The van der Waals surface area contributed by atoms with Crippen LogP contribution in [0.4, 0.5) is 11.6 Å². The predicted octanol–water partition coefficient (Wildman–Crippen LogP) is 3.66. The molecule has 2 aliphatic rings. The van der Waals surface area contributed by atoms with E-state index in [1.165, 1.54) is 23.3 Å². The third kappa shape index (κ3) is 2.63. The summed E-state index contributed by atoms with van der Waals surface area (Å²) in [5.74, 6) is 0.693. The number of benzene rings is 1. The topological polar surface area (TPSA) is 103 Å². The molecule has 2 aromatic heterocycles. The Kier molecular flexibility index (Phi) is 3.83. The molecular weight excluding hydrogens is 378 g/mol. The molecule has 1 aromatic carbocycles. The highest BCUT2D eigenvalue weighted by molar-refractivity contribution is 7.10. The minimum Gasteiger partial charge on any atom is -0.328 e. The number of carbonyl (C=O) groups excluding carboxylic acids is 1. The Morgan fingerprint density at radius 3 is 2.93 bits per heavy atom. The largest absolute Gasteiger partial charge is 0.328 e. The number of Topliss-reactive ketones (excluding diaryl/α,β-unsaturated/α-hetero) is 1. The van der Waals surface area contributed by atoms with Crippen molar-refractivity contribution in [3.63, 3.8) is 0 Å². The second kappa shape index (κ2) is 6.38. The van der Waals surface area contributed by atoms with Crippen LogP contribution in [0.25, 0.3) is 0 Å². The van der Waals surface area contributed by atoms with Crippen LogP contribution < -0.4 is 5.32 Å². The normalized spacial score (nSPS) is 21.1. The molecule has 5 rings (SSSR count). The maximum atomic E-state index is 13.2. The third-order valence-electron chi connectivity index (χ3n) is 5.20. The van der Waals surface area contributed by atoms with Crippen LogP contribution in [0, 0.1) is 10.1 Å². The van der Waals surface area contributed by atoms with Crippen molar-refractivity contribution in [2.75, 3.05) is 5.32 Å². The molecule has 1 aliphatic carbocycles. The van der Waals surface area contributed by atoms with Crippen molar-refractivity contribution in [3.8, 4) is 0 Å². The summed E-state index contributed by atoms with van der Waals surface area (Å²) in [6, 6.07) is 9.89. The van der Waals surface area contributed by atoms with Gasteiger partial charge in [0.15, 0.2) is 5.78 Å². The van der Waals surface area contributed by atoms with Gasteiger partial charge in [0.25, 0.3) is 5.69 Å². The summed E-state index contributed by atoms with van der Waals surface area (Å²) in [6.07, 6.45) is 2.53. The van der Waals surface area contributed by atoms with Gasteiger partial charge >= 0.3 is 0 Å². The van der Waals surface area contributed by atoms with Gasteiger partial charge in [-0.3, -0.25) is 14.9 Å². The maximum absolute atomic E-state index is 13.2.